The molecule has 0 aliphatic carbocycles. The van der Waals surface area contributed by atoms with Crippen molar-refractivity contribution in [2.75, 3.05) is 6.79 Å². The lowest BCUT2D eigenvalue weighted by atomic mass is 10.1. The number of carbonyl (C=O) groups is 1. The van der Waals surface area contributed by atoms with Crippen molar-refractivity contribution < 1.29 is 18.7 Å². The Morgan fingerprint density at radius 2 is 2.00 bits per heavy atom. The summed E-state index contributed by atoms with van der Waals surface area (Å²) >= 11 is 0. The predicted octanol–water partition coefficient (Wildman–Crippen LogP) is 2.81. The predicted molar refractivity (Wildman–Crippen MR) is 71.9 cm³/mol. The molecule has 0 bridgehead atoms. The van der Waals surface area contributed by atoms with Crippen molar-refractivity contribution in [3.63, 3.8) is 0 Å². The third-order valence-electron chi connectivity index (χ3n) is 3.21. The second-order valence-electron chi connectivity index (χ2n) is 4.72. The van der Waals surface area contributed by atoms with Gasteiger partial charge in [0.15, 0.2) is 17.3 Å². The first-order chi connectivity index (χ1) is 9.63. The molecule has 104 valence electrons. The van der Waals surface area contributed by atoms with Crippen molar-refractivity contribution >= 4 is 5.91 Å². The highest BCUT2D eigenvalue weighted by Gasteiger charge is 2.18. The summed E-state index contributed by atoms with van der Waals surface area (Å²) in [6.07, 6.45) is 0. The van der Waals surface area contributed by atoms with Crippen molar-refractivity contribution in [1.29, 1.82) is 0 Å². The molecule has 1 N–H and O–H groups in total. The number of amides is 1. The van der Waals surface area contributed by atoms with E-state index < -0.39 is 0 Å². The standard InChI is InChI=1S/C15H15NO4/c1-9-3-5-13(20-9)15(17)16-10(2)11-4-6-12-14(7-11)19-8-18-12/h3-7,10H,8H2,1-2H3,(H,16,17)/t10-/m1/s1. The van der Waals surface area contributed by atoms with Crippen LogP contribution in [0.5, 0.6) is 11.5 Å². The smallest absolute Gasteiger partial charge is 0.287 e. The van der Waals surface area contributed by atoms with Gasteiger partial charge in [0.2, 0.25) is 6.79 Å². The van der Waals surface area contributed by atoms with E-state index in [0.717, 1.165) is 11.3 Å². The van der Waals surface area contributed by atoms with Gasteiger partial charge in [-0.25, -0.2) is 0 Å². The van der Waals surface area contributed by atoms with Crippen molar-refractivity contribution in [3.8, 4) is 11.5 Å². The highest BCUT2D eigenvalue weighted by Crippen LogP contribution is 2.34. The Morgan fingerprint density at radius 1 is 1.20 bits per heavy atom. The van der Waals surface area contributed by atoms with Crippen LogP contribution < -0.4 is 14.8 Å². The zero-order valence-electron chi connectivity index (χ0n) is 11.3. The Labute approximate surface area is 116 Å². The van der Waals surface area contributed by atoms with Crippen molar-refractivity contribution in [3.05, 3.63) is 47.4 Å². The van der Waals surface area contributed by atoms with Crippen molar-refractivity contribution in [2.45, 2.75) is 19.9 Å². The molecule has 3 rings (SSSR count). The monoisotopic (exact) mass is 273 g/mol. The van der Waals surface area contributed by atoms with Gasteiger partial charge in [0.05, 0.1) is 6.04 Å². The maximum atomic E-state index is 12.0. The van der Waals surface area contributed by atoms with Gasteiger partial charge in [-0.3, -0.25) is 4.79 Å². The fraction of sp³-hybridized carbons (Fsp3) is 0.267. The normalized spacial score (nSPS) is 14.1. The zero-order chi connectivity index (χ0) is 14.1. The van der Waals surface area contributed by atoms with E-state index in [1.165, 1.54) is 0 Å². The van der Waals surface area contributed by atoms with Crippen LogP contribution >= 0.6 is 0 Å². The van der Waals surface area contributed by atoms with Crippen LogP contribution in [0.3, 0.4) is 0 Å². The molecule has 0 unspecified atom stereocenters. The first-order valence-corrected chi connectivity index (χ1v) is 6.40. The van der Waals surface area contributed by atoms with Crippen LogP contribution in [0.1, 0.15) is 34.8 Å². The summed E-state index contributed by atoms with van der Waals surface area (Å²) in [5.41, 5.74) is 0.950. The third kappa shape index (κ3) is 2.34. The van der Waals surface area contributed by atoms with Gasteiger partial charge in [-0.15, -0.1) is 0 Å². The number of nitrogens with one attached hydrogen (secondary N) is 1. The average Bonchev–Trinajstić information content (AvgIpc) is 3.05. The Morgan fingerprint density at radius 3 is 2.75 bits per heavy atom. The van der Waals surface area contributed by atoms with Crippen LogP contribution in [0.25, 0.3) is 0 Å². The van der Waals surface area contributed by atoms with Gasteiger partial charge in [0.1, 0.15) is 5.76 Å². The fourth-order valence-corrected chi connectivity index (χ4v) is 2.09. The molecule has 0 saturated carbocycles. The topological polar surface area (TPSA) is 60.7 Å². The Balaban J connectivity index is 1.73. The molecule has 2 aromatic rings. The lowest BCUT2D eigenvalue weighted by Crippen LogP contribution is -2.26. The van der Waals surface area contributed by atoms with Crippen LogP contribution in [-0.2, 0) is 0 Å². The number of fused-ring (bicyclic) bond motifs is 1. The maximum Gasteiger partial charge on any atom is 0.287 e. The minimum Gasteiger partial charge on any atom is -0.456 e. The van der Waals surface area contributed by atoms with E-state index in [0.29, 0.717) is 17.3 Å². The summed E-state index contributed by atoms with van der Waals surface area (Å²) < 4.78 is 15.9. The number of ether oxygens (including phenoxy) is 2. The van der Waals surface area contributed by atoms with E-state index in [9.17, 15) is 4.79 Å². The van der Waals surface area contributed by atoms with Gasteiger partial charge in [-0.05, 0) is 43.7 Å². The lowest BCUT2D eigenvalue weighted by Gasteiger charge is -2.13. The molecule has 1 aromatic carbocycles. The maximum absolute atomic E-state index is 12.0. The summed E-state index contributed by atoms with van der Waals surface area (Å²) in [5.74, 6) is 2.23. The van der Waals surface area contributed by atoms with E-state index in [4.69, 9.17) is 13.9 Å². The number of hydrogen-bond donors (Lipinski definition) is 1. The fourth-order valence-electron chi connectivity index (χ4n) is 2.09. The average molecular weight is 273 g/mol. The van der Waals surface area contributed by atoms with Crippen LogP contribution in [0.15, 0.2) is 34.7 Å². The minimum absolute atomic E-state index is 0.151. The SMILES string of the molecule is Cc1ccc(C(=O)N[C@H](C)c2ccc3c(c2)OCO3)o1. The molecule has 0 spiro atoms. The molecule has 20 heavy (non-hydrogen) atoms. The third-order valence-corrected chi connectivity index (χ3v) is 3.21. The number of hydrogen-bond acceptors (Lipinski definition) is 4. The molecule has 1 aliphatic rings. The largest absolute Gasteiger partial charge is 0.456 e. The van der Waals surface area contributed by atoms with Crippen LogP contribution in [0, 0.1) is 6.92 Å². The number of furan rings is 1. The zero-order valence-corrected chi connectivity index (χ0v) is 11.3. The summed E-state index contributed by atoms with van der Waals surface area (Å²) in [5, 5.41) is 2.89. The molecule has 2 heterocycles. The van der Waals surface area contributed by atoms with Gasteiger partial charge in [0, 0.05) is 0 Å². The Kier molecular flexibility index (Phi) is 3.10. The molecule has 1 aliphatic heterocycles. The van der Waals surface area contributed by atoms with Gasteiger partial charge >= 0.3 is 0 Å². The molecule has 5 nitrogen and oxygen atoms in total. The Bertz CT molecular complexity index is 647. The van der Waals surface area contributed by atoms with Gasteiger partial charge in [-0.1, -0.05) is 6.07 Å². The van der Waals surface area contributed by atoms with Crippen molar-refractivity contribution in [2.24, 2.45) is 0 Å². The van der Waals surface area contributed by atoms with E-state index in [1.807, 2.05) is 25.1 Å². The van der Waals surface area contributed by atoms with E-state index in [-0.39, 0.29) is 18.7 Å². The highest BCUT2D eigenvalue weighted by molar-refractivity contribution is 5.91. The second kappa shape index (κ2) is 4.92. The second-order valence-corrected chi connectivity index (χ2v) is 4.72. The lowest BCUT2D eigenvalue weighted by molar-refractivity contribution is 0.0910. The number of carbonyl (C=O) groups excluding carboxylic acids is 1. The van der Waals surface area contributed by atoms with Crippen LogP contribution in [0.2, 0.25) is 0 Å². The van der Waals surface area contributed by atoms with E-state index in [1.54, 1.807) is 19.1 Å². The first-order valence-electron chi connectivity index (χ1n) is 6.40. The van der Waals surface area contributed by atoms with Crippen molar-refractivity contribution in [1.82, 2.24) is 5.32 Å². The highest BCUT2D eigenvalue weighted by atomic mass is 16.7. The van der Waals surface area contributed by atoms with Crippen LogP contribution in [0.4, 0.5) is 0 Å². The molecule has 5 heteroatoms. The molecule has 1 amide bonds. The molecule has 0 radical (unpaired) electrons. The summed E-state index contributed by atoms with van der Waals surface area (Å²) in [6, 6.07) is 8.91. The molecular formula is C15H15NO4. The van der Waals surface area contributed by atoms with Crippen LogP contribution in [-0.4, -0.2) is 12.7 Å². The Hall–Kier alpha value is -2.43. The number of aryl methyl sites for hydroxylation is 1. The molecule has 0 saturated heterocycles. The molecule has 1 aromatic heterocycles. The number of benzene rings is 1. The van der Waals surface area contributed by atoms with E-state index >= 15 is 0 Å². The summed E-state index contributed by atoms with van der Waals surface area (Å²) in [6.45, 7) is 3.95. The molecule has 1 atom stereocenters. The van der Waals surface area contributed by atoms with E-state index in [2.05, 4.69) is 5.32 Å². The quantitative estimate of drug-likeness (QED) is 0.934. The van der Waals surface area contributed by atoms with Gasteiger partial charge in [-0.2, -0.15) is 0 Å². The first kappa shape index (κ1) is 12.6. The molecular weight excluding hydrogens is 258 g/mol. The summed E-state index contributed by atoms with van der Waals surface area (Å²) in [7, 11) is 0. The molecule has 0 fully saturated rings. The van der Waals surface area contributed by atoms with Gasteiger partial charge < -0.3 is 19.2 Å². The number of rotatable bonds is 3. The minimum atomic E-state index is -0.233. The summed E-state index contributed by atoms with van der Waals surface area (Å²) in [4.78, 5) is 12.0. The van der Waals surface area contributed by atoms with Gasteiger partial charge in [0.25, 0.3) is 5.91 Å².